The number of fused-ring (bicyclic) bond motifs is 1. The van der Waals surface area contributed by atoms with Crippen molar-refractivity contribution < 1.29 is 23.8 Å². The van der Waals surface area contributed by atoms with Crippen molar-refractivity contribution >= 4 is 23.4 Å². The molecule has 0 spiro atoms. The summed E-state index contributed by atoms with van der Waals surface area (Å²) >= 11 is 6.08. The molecular formula is C31H41ClN2O5. The van der Waals surface area contributed by atoms with Crippen molar-refractivity contribution in [2.24, 2.45) is 0 Å². The first-order chi connectivity index (χ1) is 19.1. The van der Waals surface area contributed by atoms with Crippen LogP contribution in [0, 0.1) is 0 Å². The summed E-state index contributed by atoms with van der Waals surface area (Å²) in [6, 6.07) is 14.2. The summed E-state index contributed by atoms with van der Waals surface area (Å²) in [7, 11) is 0. The molecule has 4 rings (SSSR count). The predicted molar refractivity (Wildman–Crippen MR) is 153 cm³/mol. The van der Waals surface area contributed by atoms with Crippen molar-refractivity contribution in [3.05, 3.63) is 54.1 Å². The minimum absolute atomic E-state index is 0.105. The molecule has 8 heteroatoms. The van der Waals surface area contributed by atoms with Gasteiger partial charge in [0, 0.05) is 6.04 Å². The van der Waals surface area contributed by atoms with Crippen LogP contribution in [0.15, 0.2) is 48.5 Å². The Bertz CT molecular complexity index is 1060. The predicted octanol–water partition coefficient (Wildman–Crippen LogP) is 6.04. The van der Waals surface area contributed by atoms with Gasteiger partial charge in [0.05, 0.1) is 13.2 Å². The minimum atomic E-state index is -0.849. The van der Waals surface area contributed by atoms with Crippen LogP contribution in [0.5, 0.6) is 17.2 Å². The molecule has 0 radical (unpaired) electrons. The lowest BCUT2D eigenvalue weighted by Gasteiger charge is -2.36. The molecule has 0 unspecified atom stereocenters. The largest absolute Gasteiger partial charge is 0.494 e. The number of nitrogens with one attached hydrogen (secondary N) is 1. The van der Waals surface area contributed by atoms with Gasteiger partial charge in [-0.15, -0.1) is 11.6 Å². The van der Waals surface area contributed by atoms with Gasteiger partial charge < -0.3 is 24.4 Å². The van der Waals surface area contributed by atoms with Crippen molar-refractivity contribution in [3.63, 3.8) is 0 Å². The van der Waals surface area contributed by atoms with Crippen LogP contribution in [-0.2, 0) is 9.59 Å². The number of hydrogen-bond acceptors (Lipinski definition) is 5. The first-order valence-corrected chi connectivity index (χ1v) is 14.9. The Kier molecular flexibility index (Phi) is 11.2. The van der Waals surface area contributed by atoms with E-state index in [1.807, 2.05) is 48.5 Å². The second-order valence-corrected chi connectivity index (χ2v) is 10.7. The van der Waals surface area contributed by atoms with Crippen LogP contribution in [0.25, 0.3) is 0 Å². The lowest BCUT2D eigenvalue weighted by atomic mass is 9.94. The summed E-state index contributed by atoms with van der Waals surface area (Å²) in [6.45, 7) is 3.27. The smallest absolute Gasteiger partial charge is 0.247 e. The van der Waals surface area contributed by atoms with Crippen molar-refractivity contribution in [3.8, 4) is 17.2 Å². The van der Waals surface area contributed by atoms with Gasteiger partial charge in [-0.05, 0) is 49.1 Å². The zero-order valence-electron chi connectivity index (χ0n) is 22.9. The van der Waals surface area contributed by atoms with Crippen LogP contribution < -0.4 is 19.5 Å². The van der Waals surface area contributed by atoms with E-state index in [1.165, 1.54) is 24.2 Å². The Hall–Kier alpha value is -2.93. The van der Waals surface area contributed by atoms with E-state index in [4.69, 9.17) is 25.8 Å². The molecule has 2 aromatic rings. The third-order valence-corrected chi connectivity index (χ3v) is 7.61. The Morgan fingerprint density at radius 2 is 1.77 bits per heavy atom. The average molecular weight is 557 g/mol. The molecule has 0 aromatic heterocycles. The van der Waals surface area contributed by atoms with E-state index < -0.39 is 12.1 Å². The third kappa shape index (κ3) is 8.28. The normalized spacial score (nSPS) is 17.7. The first-order valence-electron chi connectivity index (χ1n) is 14.4. The van der Waals surface area contributed by atoms with E-state index >= 15 is 0 Å². The molecule has 2 aromatic carbocycles. The zero-order valence-corrected chi connectivity index (χ0v) is 23.7. The fourth-order valence-corrected chi connectivity index (χ4v) is 5.42. The number of carbonyl (C=O) groups excluding carboxylic acids is 2. The van der Waals surface area contributed by atoms with E-state index in [2.05, 4.69) is 12.2 Å². The van der Waals surface area contributed by atoms with E-state index in [9.17, 15) is 9.59 Å². The number of rotatable bonds is 13. The highest BCUT2D eigenvalue weighted by Gasteiger charge is 2.35. The summed E-state index contributed by atoms with van der Waals surface area (Å²) in [5, 5.41) is 3.22. The number of alkyl halides is 1. The number of nitrogens with zero attached hydrogens (tertiary/aromatic N) is 1. The Labute approximate surface area is 237 Å². The number of carbonyl (C=O) groups is 2. The topological polar surface area (TPSA) is 77.1 Å². The zero-order chi connectivity index (χ0) is 27.5. The SMILES string of the molecule is CCCCCCOc1ccc([C@@H](C(=O)NC2CCCCC2)N(C[C@H]2COc3ccccc3O2)C(=O)CCl)cc1. The van der Waals surface area contributed by atoms with Crippen LogP contribution in [0.4, 0.5) is 0 Å². The van der Waals surface area contributed by atoms with Gasteiger partial charge in [-0.1, -0.05) is 69.7 Å². The number of halogens is 1. The van der Waals surface area contributed by atoms with Gasteiger partial charge in [0.25, 0.3) is 0 Å². The number of unbranched alkanes of at least 4 members (excludes halogenated alkanes) is 3. The number of benzene rings is 2. The van der Waals surface area contributed by atoms with Gasteiger partial charge >= 0.3 is 0 Å². The van der Waals surface area contributed by atoms with Crippen LogP contribution in [0.3, 0.4) is 0 Å². The maximum atomic E-state index is 13.8. The Morgan fingerprint density at radius 3 is 2.49 bits per heavy atom. The summed E-state index contributed by atoms with van der Waals surface area (Å²) in [5.74, 6) is 1.26. The number of amides is 2. The van der Waals surface area contributed by atoms with Crippen LogP contribution in [-0.4, -0.2) is 54.5 Å². The molecule has 0 bridgehead atoms. The summed E-state index contributed by atoms with van der Waals surface area (Å²) in [6.07, 6.45) is 9.36. The number of ether oxygens (including phenoxy) is 3. The highest BCUT2D eigenvalue weighted by Crippen LogP contribution is 2.32. The second-order valence-electron chi connectivity index (χ2n) is 10.4. The Morgan fingerprint density at radius 1 is 1.03 bits per heavy atom. The second kappa shape index (κ2) is 15.0. The molecular weight excluding hydrogens is 516 g/mol. The highest BCUT2D eigenvalue weighted by molar-refractivity contribution is 6.27. The van der Waals surface area contributed by atoms with E-state index in [0.717, 1.165) is 44.3 Å². The molecule has 1 aliphatic heterocycles. The van der Waals surface area contributed by atoms with Crippen molar-refractivity contribution in [2.45, 2.75) is 82.9 Å². The fourth-order valence-electron chi connectivity index (χ4n) is 5.27. The van der Waals surface area contributed by atoms with Crippen LogP contribution in [0.1, 0.15) is 76.3 Å². The molecule has 7 nitrogen and oxygen atoms in total. The van der Waals surface area contributed by atoms with Gasteiger partial charge in [-0.2, -0.15) is 0 Å². The lowest BCUT2D eigenvalue weighted by molar-refractivity contribution is -0.141. The molecule has 2 aliphatic rings. The van der Waals surface area contributed by atoms with Crippen LogP contribution >= 0.6 is 11.6 Å². The summed E-state index contributed by atoms with van der Waals surface area (Å²) in [5.41, 5.74) is 0.706. The molecule has 1 heterocycles. The van der Waals surface area contributed by atoms with Gasteiger partial charge in [0.1, 0.15) is 24.3 Å². The standard InChI is InChI=1S/C31H41ClN2O5/c1-2-3-4-10-19-37-25-17-15-23(16-18-25)30(31(36)33-24-11-6-5-7-12-24)34(29(35)20-32)21-26-22-38-27-13-8-9-14-28(27)39-26/h8-9,13-18,24,26,30H,2-7,10-12,19-22H2,1H3,(H,33,36)/t26-,30-/m0/s1. The fraction of sp³-hybridized carbons (Fsp3) is 0.548. The summed E-state index contributed by atoms with van der Waals surface area (Å²) < 4.78 is 17.9. The molecule has 1 saturated carbocycles. The molecule has 1 fully saturated rings. The number of para-hydroxylation sites is 2. The van der Waals surface area contributed by atoms with Crippen molar-refractivity contribution in [1.82, 2.24) is 10.2 Å². The minimum Gasteiger partial charge on any atom is -0.494 e. The lowest BCUT2D eigenvalue weighted by Crippen LogP contribution is -2.51. The van der Waals surface area contributed by atoms with Gasteiger partial charge in [0.15, 0.2) is 17.6 Å². The molecule has 1 N–H and O–H groups in total. The molecule has 2 atom stereocenters. The molecule has 2 amide bonds. The first kappa shape index (κ1) is 29.1. The number of hydrogen-bond donors (Lipinski definition) is 1. The van der Waals surface area contributed by atoms with E-state index in [0.29, 0.717) is 23.7 Å². The maximum absolute atomic E-state index is 13.8. The third-order valence-electron chi connectivity index (χ3n) is 7.38. The van der Waals surface area contributed by atoms with E-state index in [-0.39, 0.29) is 36.9 Å². The van der Waals surface area contributed by atoms with Gasteiger partial charge in [-0.3, -0.25) is 9.59 Å². The molecule has 0 saturated heterocycles. The van der Waals surface area contributed by atoms with Crippen molar-refractivity contribution in [1.29, 1.82) is 0 Å². The van der Waals surface area contributed by atoms with Crippen LogP contribution in [0.2, 0.25) is 0 Å². The van der Waals surface area contributed by atoms with Gasteiger partial charge in [0.2, 0.25) is 11.8 Å². The van der Waals surface area contributed by atoms with Crippen molar-refractivity contribution in [2.75, 3.05) is 25.6 Å². The highest BCUT2D eigenvalue weighted by atomic mass is 35.5. The molecule has 212 valence electrons. The average Bonchev–Trinajstić information content (AvgIpc) is 2.97. The molecule has 39 heavy (non-hydrogen) atoms. The quantitative estimate of drug-likeness (QED) is 0.240. The Balaban J connectivity index is 1.53. The summed E-state index contributed by atoms with van der Waals surface area (Å²) in [4.78, 5) is 28.6. The van der Waals surface area contributed by atoms with E-state index in [1.54, 1.807) is 0 Å². The maximum Gasteiger partial charge on any atom is 0.247 e. The molecule has 1 aliphatic carbocycles. The van der Waals surface area contributed by atoms with Gasteiger partial charge in [-0.25, -0.2) is 0 Å². The monoisotopic (exact) mass is 556 g/mol.